The van der Waals surface area contributed by atoms with Crippen molar-refractivity contribution < 1.29 is 15.0 Å². The predicted octanol–water partition coefficient (Wildman–Crippen LogP) is 6.08. The number of aliphatic carboxylic acids is 1. The zero-order chi connectivity index (χ0) is 17.4. The Morgan fingerprint density at radius 1 is 0.739 bits per heavy atom. The molecule has 1 unspecified atom stereocenters. The molecule has 0 aromatic rings. The van der Waals surface area contributed by atoms with Gasteiger partial charge in [0.2, 0.25) is 0 Å². The largest absolute Gasteiger partial charge is 0.481 e. The van der Waals surface area contributed by atoms with Gasteiger partial charge in [-0.1, -0.05) is 97.3 Å². The minimum atomic E-state index is -0.996. The fourth-order valence-corrected chi connectivity index (χ4v) is 3.14. The fourth-order valence-electron chi connectivity index (χ4n) is 3.14. The van der Waals surface area contributed by atoms with Gasteiger partial charge in [-0.3, -0.25) is 4.79 Å². The maximum atomic E-state index is 10.7. The molecule has 0 radical (unpaired) electrons. The molecule has 1 atom stereocenters. The van der Waals surface area contributed by atoms with Crippen LogP contribution in [-0.2, 0) is 4.79 Å². The lowest BCUT2D eigenvalue weighted by Crippen LogP contribution is -2.30. The topological polar surface area (TPSA) is 57.5 Å². The van der Waals surface area contributed by atoms with Crippen molar-refractivity contribution in [2.24, 2.45) is 0 Å². The molecule has 0 bridgehead atoms. The Labute approximate surface area is 143 Å². The Kier molecular flexibility index (Phi) is 14.6. The molecule has 0 aliphatic rings. The third kappa shape index (κ3) is 14.7. The van der Waals surface area contributed by atoms with E-state index in [0.29, 0.717) is 12.8 Å². The van der Waals surface area contributed by atoms with Crippen molar-refractivity contribution in [2.75, 3.05) is 0 Å². The summed E-state index contributed by atoms with van der Waals surface area (Å²) in [4.78, 5) is 10.7. The van der Waals surface area contributed by atoms with Gasteiger partial charge in [0.05, 0.1) is 12.0 Å². The second-order valence-electron chi connectivity index (χ2n) is 7.14. The lowest BCUT2D eigenvalue weighted by Gasteiger charge is -2.24. The van der Waals surface area contributed by atoms with Crippen molar-refractivity contribution in [3.8, 4) is 0 Å². The van der Waals surface area contributed by atoms with Gasteiger partial charge in [-0.15, -0.1) is 0 Å². The quantitative estimate of drug-likeness (QED) is 0.318. The van der Waals surface area contributed by atoms with Crippen molar-refractivity contribution in [1.82, 2.24) is 0 Å². The summed E-state index contributed by atoms with van der Waals surface area (Å²) in [6.45, 7) is 4.13. The number of aliphatic hydroxyl groups is 1. The number of carboxylic acids is 1. The molecule has 0 aliphatic carbocycles. The van der Waals surface area contributed by atoms with E-state index in [4.69, 9.17) is 5.11 Å². The van der Waals surface area contributed by atoms with Crippen LogP contribution in [0.25, 0.3) is 0 Å². The molecule has 3 heteroatoms. The zero-order valence-corrected chi connectivity index (χ0v) is 15.6. The molecule has 2 N–H and O–H groups in total. The van der Waals surface area contributed by atoms with Crippen LogP contribution in [0.2, 0.25) is 0 Å². The second-order valence-corrected chi connectivity index (χ2v) is 7.14. The number of carbonyl (C=O) groups is 1. The Morgan fingerprint density at radius 2 is 1.13 bits per heavy atom. The minimum absolute atomic E-state index is 0.123. The van der Waals surface area contributed by atoms with Gasteiger partial charge in [0.25, 0.3) is 0 Å². The number of hydrogen-bond donors (Lipinski definition) is 2. The Balaban J connectivity index is 3.34. The van der Waals surface area contributed by atoms with Gasteiger partial charge in [-0.05, 0) is 12.8 Å². The van der Waals surface area contributed by atoms with Crippen LogP contribution >= 0.6 is 0 Å². The molecule has 0 saturated carbocycles. The average molecular weight is 329 g/mol. The molecule has 0 aliphatic heterocycles. The molecule has 0 aromatic heterocycles. The van der Waals surface area contributed by atoms with E-state index in [2.05, 4.69) is 6.92 Å². The van der Waals surface area contributed by atoms with Crippen molar-refractivity contribution in [3.63, 3.8) is 0 Å². The van der Waals surface area contributed by atoms with E-state index in [1.807, 2.05) is 6.92 Å². The van der Waals surface area contributed by atoms with Gasteiger partial charge in [-0.25, -0.2) is 0 Å². The minimum Gasteiger partial charge on any atom is -0.481 e. The fraction of sp³-hybridized carbons (Fsp3) is 0.950. The van der Waals surface area contributed by atoms with E-state index >= 15 is 0 Å². The van der Waals surface area contributed by atoms with Crippen LogP contribution in [0.3, 0.4) is 0 Å². The second kappa shape index (κ2) is 15.0. The Bertz CT molecular complexity index is 278. The lowest BCUT2D eigenvalue weighted by atomic mass is 9.90. The van der Waals surface area contributed by atoms with E-state index in [9.17, 15) is 9.90 Å². The summed E-state index contributed by atoms with van der Waals surface area (Å²) in [6, 6.07) is 0. The highest BCUT2D eigenvalue weighted by molar-refractivity contribution is 5.68. The molecular formula is C20H40O3. The number of rotatable bonds is 17. The first-order valence-corrected chi connectivity index (χ1v) is 9.98. The maximum absolute atomic E-state index is 10.7. The summed E-state index contributed by atoms with van der Waals surface area (Å²) in [7, 11) is 0. The average Bonchev–Trinajstić information content (AvgIpc) is 2.51. The van der Waals surface area contributed by atoms with Crippen LogP contribution in [0.1, 0.15) is 117 Å². The van der Waals surface area contributed by atoms with Crippen molar-refractivity contribution in [3.05, 3.63) is 0 Å². The molecule has 23 heavy (non-hydrogen) atoms. The van der Waals surface area contributed by atoms with E-state index in [0.717, 1.165) is 12.8 Å². The predicted molar refractivity (Wildman–Crippen MR) is 97.8 cm³/mol. The molecule has 0 amide bonds. The SMILES string of the molecule is CCCCCCCCCCCCCCCC(O)(CC)CC(=O)O. The molecule has 0 spiro atoms. The van der Waals surface area contributed by atoms with Crippen LogP contribution in [0.5, 0.6) is 0 Å². The highest BCUT2D eigenvalue weighted by Crippen LogP contribution is 2.23. The summed E-state index contributed by atoms with van der Waals surface area (Å²) in [5.41, 5.74) is -0.996. The molecule has 0 heterocycles. The van der Waals surface area contributed by atoms with Crippen LogP contribution in [0.15, 0.2) is 0 Å². The number of unbranched alkanes of at least 4 members (excludes halogenated alkanes) is 12. The van der Waals surface area contributed by atoms with E-state index < -0.39 is 11.6 Å². The third-order valence-corrected chi connectivity index (χ3v) is 4.88. The third-order valence-electron chi connectivity index (χ3n) is 4.88. The summed E-state index contributed by atoms with van der Waals surface area (Å²) >= 11 is 0. The maximum Gasteiger partial charge on any atom is 0.306 e. The van der Waals surface area contributed by atoms with Crippen molar-refractivity contribution >= 4 is 5.97 Å². The van der Waals surface area contributed by atoms with Crippen molar-refractivity contribution in [1.29, 1.82) is 0 Å². The van der Waals surface area contributed by atoms with Crippen LogP contribution in [-0.4, -0.2) is 21.8 Å². The number of carboxylic acid groups (broad SMARTS) is 1. The molecule has 0 saturated heterocycles. The Hall–Kier alpha value is -0.570. The summed E-state index contributed by atoms with van der Waals surface area (Å²) in [5, 5.41) is 19.0. The van der Waals surface area contributed by atoms with Crippen LogP contribution in [0.4, 0.5) is 0 Å². The highest BCUT2D eigenvalue weighted by Gasteiger charge is 2.27. The van der Waals surface area contributed by atoms with Crippen molar-refractivity contribution in [2.45, 2.75) is 122 Å². The van der Waals surface area contributed by atoms with E-state index in [1.54, 1.807) is 0 Å². The smallest absolute Gasteiger partial charge is 0.306 e. The molecule has 138 valence electrons. The monoisotopic (exact) mass is 328 g/mol. The van der Waals surface area contributed by atoms with Gasteiger partial charge >= 0.3 is 5.97 Å². The Morgan fingerprint density at radius 3 is 1.48 bits per heavy atom. The van der Waals surface area contributed by atoms with Crippen LogP contribution < -0.4 is 0 Å². The van der Waals surface area contributed by atoms with Gasteiger partial charge in [0.15, 0.2) is 0 Å². The van der Waals surface area contributed by atoms with Gasteiger partial charge in [-0.2, -0.15) is 0 Å². The van der Waals surface area contributed by atoms with E-state index in [-0.39, 0.29) is 6.42 Å². The first-order chi connectivity index (χ1) is 11.0. The van der Waals surface area contributed by atoms with Crippen LogP contribution in [0, 0.1) is 0 Å². The number of hydrogen-bond acceptors (Lipinski definition) is 2. The lowest BCUT2D eigenvalue weighted by molar-refractivity contribution is -0.143. The molecule has 3 nitrogen and oxygen atoms in total. The first-order valence-electron chi connectivity index (χ1n) is 9.98. The molecule has 0 aromatic carbocycles. The first kappa shape index (κ1) is 22.4. The zero-order valence-electron chi connectivity index (χ0n) is 15.6. The van der Waals surface area contributed by atoms with Gasteiger partial charge in [0, 0.05) is 0 Å². The highest BCUT2D eigenvalue weighted by atomic mass is 16.4. The summed E-state index contributed by atoms with van der Waals surface area (Å²) in [6.07, 6.45) is 17.9. The molecule has 0 fully saturated rings. The van der Waals surface area contributed by atoms with Gasteiger partial charge in [0.1, 0.15) is 0 Å². The molecular weight excluding hydrogens is 288 g/mol. The standard InChI is InChI=1S/C20H40O3/c1-3-5-6-7-8-9-10-11-12-13-14-15-16-17-20(23,4-2)18-19(21)22/h23H,3-18H2,1-2H3,(H,21,22). The van der Waals surface area contributed by atoms with Gasteiger partial charge < -0.3 is 10.2 Å². The normalized spacial score (nSPS) is 13.9. The van der Waals surface area contributed by atoms with E-state index in [1.165, 1.54) is 70.6 Å². The summed E-state index contributed by atoms with van der Waals surface area (Å²) in [5.74, 6) is -0.899. The molecule has 0 rings (SSSR count). The summed E-state index contributed by atoms with van der Waals surface area (Å²) < 4.78 is 0.